The molecule has 9 rings (SSSR count). The molecule has 0 bridgehead atoms. The molecule has 396 valence electrons. The summed E-state index contributed by atoms with van der Waals surface area (Å²) in [4.78, 5) is 13.8. The van der Waals surface area contributed by atoms with Crippen LogP contribution in [0.2, 0.25) is 0 Å². The van der Waals surface area contributed by atoms with Gasteiger partial charge in [0.1, 0.15) is 79.0 Å². The van der Waals surface area contributed by atoms with Gasteiger partial charge in [-0.15, -0.1) is 0 Å². The van der Waals surface area contributed by atoms with E-state index < -0.39 is 141 Å². The summed E-state index contributed by atoms with van der Waals surface area (Å²) in [6.45, 7) is 11.2. The highest BCUT2D eigenvalue weighted by Gasteiger charge is 2.85. The third kappa shape index (κ3) is 7.82. The molecule has 0 radical (unpaired) electrons. The fraction of sp³-hybridized carbons (Fsp3) is 0.980. The molecule has 27 atom stereocenters. The van der Waals surface area contributed by atoms with Crippen molar-refractivity contribution in [1.29, 1.82) is 0 Å². The fourth-order valence-electron chi connectivity index (χ4n) is 16.6. The Labute approximate surface area is 403 Å². The highest BCUT2D eigenvalue weighted by Crippen LogP contribution is 2.90. The first-order valence-electron chi connectivity index (χ1n) is 25.4. The van der Waals surface area contributed by atoms with Crippen LogP contribution in [0.3, 0.4) is 0 Å². The number of aliphatic hydroxyl groups excluding tert-OH is 11. The van der Waals surface area contributed by atoms with Crippen LogP contribution in [-0.2, 0) is 42.7 Å². The number of ether oxygens (including phenoxy) is 8. The lowest BCUT2D eigenvalue weighted by Crippen LogP contribution is -2.65. The topological polar surface area (TPSA) is 313 Å². The molecular formula is C49H80O20. The third-order valence-electron chi connectivity index (χ3n) is 20.5. The molecule has 11 N–H and O–H groups in total. The molecule has 20 heteroatoms. The Morgan fingerprint density at radius 3 is 1.78 bits per heavy atom. The van der Waals surface area contributed by atoms with Gasteiger partial charge in [0.25, 0.3) is 0 Å². The van der Waals surface area contributed by atoms with Gasteiger partial charge in [0, 0.05) is 31.8 Å². The van der Waals surface area contributed by atoms with Crippen LogP contribution in [0, 0.1) is 56.7 Å². The second kappa shape index (κ2) is 18.6. The largest absolute Gasteiger partial charge is 0.394 e. The van der Waals surface area contributed by atoms with Crippen LogP contribution in [0.25, 0.3) is 0 Å². The average molecular weight is 989 g/mol. The molecule has 9 fully saturated rings. The smallest absolute Gasteiger partial charge is 0.187 e. The van der Waals surface area contributed by atoms with Gasteiger partial charge in [-0.2, -0.15) is 0 Å². The molecule has 20 nitrogen and oxygen atoms in total. The lowest BCUT2D eigenvalue weighted by molar-refractivity contribution is -0.377. The predicted octanol–water partition coefficient (Wildman–Crippen LogP) is -1.17. The molecule has 4 heterocycles. The van der Waals surface area contributed by atoms with Crippen molar-refractivity contribution >= 4 is 5.78 Å². The number of aliphatic hydroxyl groups is 11. The number of carbonyl (C=O) groups excluding carboxylic acids is 1. The second-order valence-corrected chi connectivity index (χ2v) is 23.8. The van der Waals surface area contributed by atoms with Crippen molar-refractivity contribution in [1.82, 2.24) is 0 Å². The zero-order valence-electron chi connectivity index (χ0n) is 41.0. The maximum Gasteiger partial charge on any atom is 0.187 e. The Kier molecular flexibility index (Phi) is 14.2. The van der Waals surface area contributed by atoms with E-state index in [0.717, 1.165) is 38.5 Å². The van der Waals surface area contributed by atoms with Crippen LogP contribution in [0.15, 0.2) is 0 Å². The van der Waals surface area contributed by atoms with Crippen molar-refractivity contribution in [2.75, 3.05) is 33.5 Å². The maximum atomic E-state index is 13.8. The first kappa shape index (κ1) is 52.8. The van der Waals surface area contributed by atoms with E-state index in [1.807, 2.05) is 0 Å². The Morgan fingerprint density at radius 2 is 1.17 bits per heavy atom. The monoisotopic (exact) mass is 989 g/mol. The van der Waals surface area contributed by atoms with Gasteiger partial charge in [-0.3, -0.25) is 4.79 Å². The summed E-state index contributed by atoms with van der Waals surface area (Å²) in [5, 5.41) is 114. The van der Waals surface area contributed by atoms with Crippen LogP contribution >= 0.6 is 0 Å². The summed E-state index contributed by atoms with van der Waals surface area (Å²) in [7, 11) is 1.72. The van der Waals surface area contributed by atoms with E-state index >= 15 is 0 Å². The van der Waals surface area contributed by atoms with Gasteiger partial charge in [0.05, 0.1) is 38.6 Å². The Hall–Kier alpha value is -1.09. The first-order valence-corrected chi connectivity index (χ1v) is 25.4. The van der Waals surface area contributed by atoms with Gasteiger partial charge in [-0.05, 0) is 89.8 Å². The third-order valence-corrected chi connectivity index (χ3v) is 20.5. The molecule has 2 spiro atoms. The SMILES string of the molecule is CO[C@]12C[C@@]3(C)[C@@H]4CCC5C(C)(C)[C@@H](O[C@@H]6O[C@H](CO)[C@@H](O)[C@H](O)[C@H]6O[C@@H]6O[C@H](CO)[C@@H](O)[C@H](O)[C@H]6O)CC[C@@]56C[C@@]46CC[C@]3(C)C1[C@H](C)[C@H](CC(=O)C(C)CO[C@@H]1O[C@H](CO)[C@@H](O)[C@H](O)[C@H]1O)O2. The number of rotatable bonds is 14. The molecule has 4 aliphatic heterocycles. The van der Waals surface area contributed by atoms with Crippen molar-refractivity contribution in [3.63, 3.8) is 0 Å². The Bertz CT molecular complexity index is 1860. The van der Waals surface area contributed by atoms with Crippen molar-refractivity contribution in [2.24, 2.45) is 56.7 Å². The second-order valence-electron chi connectivity index (χ2n) is 23.8. The van der Waals surface area contributed by atoms with E-state index in [-0.39, 0.29) is 58.2 Å². The van der Waals surface area contributed by atoms with Crippen LogP contribution in [0.1, 0.15) is 99.3 Å². The molecule has 0 aromatic rings. The van der Waals surface area contributed by atoms with Gasteiger partial charge in [-0.25, -0.2) is 0 Å². The van der Waals surface area contributed by atoms with Crippen LogP contribution in [0.5, 0.6) is 0 Å². The van der Waals surface area contributed by atoms with Gasteiger partial charge in [-0.1, -0.05) is 41.5 Å². The van der Waals surface area contributed by atoms with Gasteiger partial charge < -0.3 is 94.1 Å². The average Bonchev–Trinajstić information content (AvgIpc) is 3.84. The van der Waals surface area contributed by atoms with E-state index in [1.165, 1.54) is 0 Å². The van der Waals surface area contributed by atoms with Gasteiger partial charge >= 0.3 is 0 Å². The van der Waals surface area contributed by atoms with Crippen molar-refractivity contribution in [3.8, 4) is 0 Å². The number of methoxy groups -OCH3 is 1. The molecule has 3 unspecified atom stereocenters. The number of Topliss-reactive ketones (excluding diaryl/α,β-unsaturated/α-hetero) is 1. The molecule has 69 heavy (non-hydrogen) atoms. The summed E-state index contributed by atoms with van der Waals surface area (Å²) in [5.41, 5.74) is -0.569. The first-order chi connectivity index (χ1) is 32.5. The number of fused-ring (bicyclic) bond motifs is 4. The minimum Gasteiger partial charge on any atom is -0.394 e. The molecule has 5 saturated carbocycles. The lowest BCUT2D eigenvalue weighted by atomic mass is 9.41. The summed E-state index contributed by atoms with van der Waals surface area (Å²) < 4.78 is 49.3. The molecule has 4 saturated heterocycles. The summed E-state index contributed by atoms with van der Waals surface area (Å²) >= 11 is 0. The molecule has 0 aromatic heterocycles. The quantitative estimate of drug-likeness (QED) is 0.0915. The van der Waals surface area contributed by atoms with E-state index in [4.69, 9.17) is 37.9 Å². The fourth-order valence-corrected chi connectivity index (χ4v) is 16.6. The zero-order chi connectivity index (χ0) is 50.1. The van der Waals surface area contributed by atoms with Gasteiger partial charge in [0.15, 0.2) is 24.7 Å². The molecule has 0 amide bonds. The number of hydrogen-bond donors (Lipinski definition) is 11. The van der Waals surface area contributed by atoms with Crippen LogP contribution < -0.4 is 0 Å². The summed E-state index contributed by atoms with van der Waals surface area (Å²) in [6, 6.07) is 0. The van der Waals surface area contributed by atoms with Crippen LogP contribution in [0.4, 0.5) is 0 Å². The van der Waals surface area contributed by atoms with E-state index in [1.54, 1.807) is 14.0 Å². The Morgan fingerprint density at radius 1 is 0.623 bits per heavy atom. The predicted molar refractivity (Wildman–Crippen MR) is 236 cm³/mol. The van der Waals surface area contributed by atoms with E-state index in [0.29, 0.717) is 18.8 Å². The number of carbonyl (C=O) groups is 1. The lowest BCUT2D eigenvalue weighted by Gasteiger charge is -2.63. The number of hydrogen-bond acceptors (Lipinski definition) is 20. The maximum absolute atomic E-state index is 13.8. The van der Waals surface area contributed by atoms with Crippen molar-refractivity contribution in [2.45, 2.75) is 209 Å². The Balaban J connectivity index is 0.877. The number of ketones is 1. The highest BCUT2D eigenvalue weighted by atomic mass is 16.8. The normalized spacial score (nSPS) is 55.8. The van der Waals surface area contributed by atoms with E-state index in [2.05, 4.69) is 34.6 Å². The van der Waals surface area contributed by atoms with Crippen molar-refractivity contribution in [3.05, 3.63) is 0 Å². The summed E-state index contributed by atoms with van der Waals surface area (Å²) in [6.07, 6.45) is -15.8. The summed E-state index contributed by atoms with van der Waals surface area (Å²) in [5.74, 6) is -0.919. The zero-order valence-corrected chi connectivity index (χ0v) is 41.0. The molecule has 9 aliphatic rings. The highest BCUT2D eigenvalue weighted by molar-refractivity contribution is 5.81. The minimum absolute atomic E-state index is 0.00931. The molecular weight excluding hydrogens is 909 g/mol. The standard InChI is InChI=1S/C49H80O20/c1-21(18-63-41-37(60)34(57)31(54)25(15-50)64-41)23(53)14-24-22(2)40-45(5)12-13-48-20-47(48)11-10-30(44(3,4)28(47)8-9-29(48)46(45,6)19-49(40,62-7)69-24)67-43-39(36(59)33(56)27(17-52)66-43)68-42-38(61)35(58)32(55)26(16-51)65-42/h21-22,24-43,50-52,54-61H,8-20H2,1-7H3/t21?,22-,24+,25-,26-,27-,28?,29+,30+,31-,32-,33-,34+,35+,36+,37-,38-,39-,40?,41-,42+,43+,45-,46+,47-,48+,49+/m1/s1. The van der Waals surface area contributed by atoms with Crippen molar-refractivity contribution < 1.29 is 98.9 Å². The molecule has 0 aromatic carbocycles. The van der Waals surface area contributed by atoms with E-state index in [9.17, 15) is 61.0 Å². The minimum atomic E-state index is -1.77. The van der Waals surface area contributed by atoms with Gasteiger partial charge in [0.2, 0.25) is 0 Å². The molecule has 5 aliphatic carbocycles. The van der Waals surface area contributed by atoms with Crippen LogP contribution in [-0.4, -0.2) is 206 Å².